The lowest BCUT2D eigenvalue weighted by atomic mass is 10.0. The molecule has 0 amide bonds. The van der Waals surface area contributed by atoms with E-state index in [2.05, 4.69) is 5.32 Å². The minimum Gasteiger partial charge on any atom is -0.480 e. The maximum atomic E-state index is 11.0. The van der Waals surface area contributed by atoms with E-state index < -0.39 is 12.0 Å². The van der Waals surface area contributed by atoms with E-state index in [-0.39, 0.29) is 5.92 Å². The molecule has 0 radical (unpaired) electrons. The van der Waals surface area contributed by atoms with Crippen LogP contribution in [0.3, 0.4) is 0 Å². The molecule has 4 heteroatoms. The normalized spacial score (nSPS) is 12.5. The molecule has 0 heterocycles. The number of nitrogens with one attached hydrogen (secondary N) is 1. The zero-order valence-corrected chi connectivity index (χ0v) is 9.82. The highest BCUT2D eigenvalue weighted by atomic mass is 16.4. The molecule has 4 N–H and O–H groups in total. The molecule has 0 saturated heterocycles. The molecule has 0 bridgehead atoms. The Morgan fingerprint density at radius 1 is 1.44 bits per heavy atom. The molecule has 1 aromatic rings. The van der Waals surface area contributed by atoms with Crippen LogP contribution in [0.2, 0.25) is 0 Å². The standard InChI is InChI=1S/C12H18N2O2/c1-7(2)11(12(15)16)14-9-4-5-10(13)8(3)6-9/h4-7,11,14H,13H2,1-3H3,(H,15,16)/t11-/m1/s1. The van der Waals surface area contributed by atoms with Gasteiger partial charge in [0.1, 0.15) is 6.04 Å². The molecular weight excluding hydrogens is 204 g/mol. The van der Waals surface area contributed by atoms with Gasteiger partial charge in [-0.05, 0) is 36.6 Å². The van der Waals surface area contributed by atoms with Gasteiger partial charge in [0.05, 0.1) is 0 Å². The number of hydrogen-bond acceptors (Lipinski definition) is 3. The zero-order valence-electron chi connectivity index (χ0n) is 9.82. The van der Waals surface area contributed by atoms with Gasteiger partial charge in [0, 0.05) is 11.4 Å². The van der Waals surface area contributed by atoms with Crippen LogP contribution in [0.25, 0.3) is 0 Å². The molecule has 4 nitrogen and oxygen atoms in total. The monoisotopic (exact) mass is 222 g/mol. The highest BCUT2D eigenvalue weighted by Gasteiger charge is 2.20. The number of aliphatic carboxylic acids is 1. The number of carboxylic acids is 1. The van der Waals surface area contributed by atoms with Gasteiger partial charge in [-0.25, -0.2) is 4.79 Å². The predicted molar refractivity (Wildman–Crippen MR) is 65.5 cm³/mol. The van der Waals surface area contributed by atoms with Crippen molar-refractivity contribution in [3.8, 4) is 0 Å². The van der Waals surface area contributed by atoms with Crippen LogP contribution in [0.4, 0.5) is 11.4 Å². The van der Waals surface area contributed by atoms with Crippen LogP contribution in [-0.2, 0) is 4.79 Å². The van der Waals surface area contributed by atoms with Crippen LogP contribution < -0.4 is 11.1 Å². The highest BCUT2D eigenvalue weighted by molar-refractivity contribution is 5.78. The second-order valence-electron chi connectivity index (χ2n) is 4.28. The summed E-state index contributed by atoms with van der Waals surface area (Å²) in [5.74, 6) is -0.820. The second kappa shape index (κ2) is 4.88. The minimum atomic E-state index is -0.843. The van der Waals surface area contributed by atoms with Crippen molar-refractivity contribution in [1.82, 2.24) is 0 Å². The summed E-state index contributed by atoms with van der Waals surface area (Å²) in [5.41, 5.74) is 8.13. The van der Waals surface area contributed by atoms with E-state index in [0.717, 1.165) is 11.3 Å². The van der Waals surface area contributed by atoms with Gasteiger partial charge in [-0.15, -0.1) is 0 Å². The van der Waals surface area contributed by atoms with Gasteiger partial charge in [0.25, 0.3) is 0 Å². The van der Waals surface area contributed by atoms with Crippen molar-refractivity contribution in [3.05, 3.63) is 23.8 Å². The zero-order chi connectivity index (χ0) is 12.3. The molecule has 0 aromatic heterocycles. The van der Waals surface area contributed by atoms with Crippen LogP contribution in [0.15, 0.2) is 18.2 Å². The molecule has 1 atom stereocenters. The van der Waals surface area contributed by atoms with Crippen molar-refractivity contribution in [2.24, 2.45) is 5.92 Å². The lowest BCUT2D eigenvalue weighted by molar-refractivity contribution is -0.138. The van der Waals surface area contributed by atoms with Gasteiger partial charge in [0.2, 0.25) is 0 Å². The third kappa shape index (κ3) is 2.89. The van der Waals surface area contributed by atoms with Gasteiger partial charge < -0.3 is 16.2 Å². The Morgan fingerprint density at radius 2 is 2.06 bits per heavy atom. The van der Waals surface area contributed by atoms with E-state index in [1.807, 2.05) is 26.8 Å². The van der Waals surface area contributed by atoms with Gasteiger partial charge in [-0.2, -0.15) is 0 Å². The van der Waals surface area contributed by atoms with Crippen molar-refractivity contribution < 1.29 is 9.90 Å². The number of carbonyl (C=O) groups is 1. The van der Waals surface area contributed by atoms with E-state index in [0.29, 0.717) is 5.69 Å². The van der Waals surface area contributed by atoms with Crippen molar-refractivity contribution in [2.45, 2.75) is 26.8 Å². The smallest absolute Gasteiger partial charge is 0.326 e. The summed E-state index contributed by atoms with van der Waals surface area (Å²) in [5, 5.41) is 12.0. The molecular formula is C12H18N2O2. The number of nitrogen functional groups attached to an aromatic ring is 1. The van der Waals surface area contributed by atoms with Crippen LogP contribution in [-0.4, -0.2) is 17.1 Å². The van der Waals surface area contributed by atoms with E-state index in [1.165, 1.54) is 0 Å². The van der Waals surface area contributed by atoms with Crippen LogP contribution >= 0.6 is 0 Å². The fourth-order valence-electron chi connectivity index (χ4n) is 1.46. The maximum Gasteiger partial charge on any atom is 0.326 e. The van der Waals surface area contributed by atoms with Crippen molar-refractivity contribution in [3.63, 3.8) is 0 Å². The van der Waals surface area contributed by atoms with E-state index in [1.54, 1.807) is 12.1 Å². The fraction of sp³-hybridized carbons (Fsp3) is 0.417. The van der Waals surface area contributed by atoms with E-state index >= 15 is 0 Å². The third-order valence-corrected chi connectivity index (χ3v) is 2.52. The molecule has 0 aliphatic carbocycles. The first kappa shape index (κ1) is 12.4. The Morgan fingerprint density at radius 3 is 2.50 bits per heavy atom. The van der Waals surface area contributed by atoms with Crippen LogP contribution in [0.5, 0.6) is 0 Å². The Kier molecular flexibility index (Phi) is 3.77. The molecule has 0 aliphatic rings. The largest absolute Gasteiger partial charge is 0.480 e. The average Bonchev–Trinajstić information content (AvgIpc) is 2.18. The first-order chi connectivity index (χ1) is 7.41. The van der Waals surface area contributed by atoms with Crippen molar-refractivity contribution in [2.75, 3.05) is 11.1 Å². The number of aryl methyl sites for hydroxylation is 1. The summed E-state index contributed by atoms with van der Waals surface area (Å²) in [6.45, 7) is 5.64. The summed E-state index contributed by atoms with van der Waals surface area (Å²) in [6, 6.07) is 4.84. The maximum absolute atomic E-state index is 11.0. The fourth-order valence-corrected chi connectivity index (χ4v) is 1.46. The van der Waals surface area contributed by atoms with Crippen LogP contribution in [0.1, 0.15) is 19.4 Å². The Balaban J connectivity index is 2.86. The first-order valence-corrected chi connectivity index (χ1v) is 5.27. The Bertz CT molecular complexity index is 389. The van der Waals surface area contributed by atoms with Crippen molar-refractivity contribution in [1.29, 1.82) is 0 Å². The van der Waals surface area contributed by atoms with E-state index in [9.17, 15) is 4.79 Å². The summed E-state index contributed by atoms with van der Waals surface area (Å²) >= 11 is 0. The summed E-state index contributed by atoms with van der Waals surface area (Å²) in [7, 11) is 0. The number of benzene rings is 1. The highest BCUT2D eigenvalue weighted by Crippen LogP contribution is 2.19. The summed E-state index contributed by atoms with van der Waals surface area (Å²) in [4.78, 5) is 11.0. The van der Waals surface area contributed by atoms with Gasteiger partial charge in [-0.1, -0.05) is 13.8 Å². The van der Waals surface area contributed by atoms with E-state index in [4.69, 9.17) is 10.8 Å². The Labute approximate surface area is 95.5 Å². The SMILES string of the molecule is Cc1cc(N[C@@H](C(=O)O)C(C)C)ccc1N. The molecule has 0 saturated carbocycles. The predicted octanol–water partition coefficient (Wildman–Crippen LogP) is 2.10. The number of carboxylic acid groups (broad SMARTS) is 1. The molecule has 88 valence electrons. The minimum absolute atomic E-state index is 0.0235. The number of hydrogen-bond donors (Lipinski definition) is 3. The first-order valence-electron chi connectivity index (χ1n) is 5.27. The number of nitrogens with two attached hydrogens (primary N) is 1. The van der Waals surface area contributed by atoms with Crippen LogP contribution in [0, 0.1) is 12.8 Å². The topological polar surface area (TPSA) is 75.3 Å². The number of rotatable bonds is 4. The number of anilines is 2. The summed E-state index contributed by atoms with van der Waals surface area (Å²) in [6.07, 6.45) is 0. The summed E-state index contributed by atoms with van der Waals surface area (Å²) < 4.78 is 0. The molecule has 0 spiro atoms. The molecule has 16 heavy (non-hydrogen) atoms. The molecule has 0 fully saturated rings. The second-order valence-corrected chi connectivity index (χ2v) is 4.28. The lowest BCUT2D eigenvalue weighted by Crippen LogP contribution is -2.34. The molecule has 0 unspecified atom stereocenters. The van der Waals surface area contributed by atoms with Gasteiger partial charge in [0.15, 0.2) is 0 Å². The molecule has 1 aromatic carbocycles. The lowest BCUT2D eigenvalue weighted by Gasteiger charge is -2.19. The molecule has 1 rings (SSSR count). The average molecular weight is 222 g/mol. The Hall–Kier alpha value is -1.71. The van der Waals surface area contributed by atoms with Gasteiger partial charge >= 0.3 is 5.97 Å². The molecule has 0 aliphatic heterocycles. The quantitative estimate of drug-likeness (QED) is 0.682. The van der Waals surface area contributed by atoms with Crippen molar-refractivity contribution >= 4 is 17.3 Å². The van der Waals surface area contributed by atoms with Gasteiger partial charge in [-0.3, -0.25) is 0 Å². The third-order valence-electron chi connectivity index (χ3n) is 2.52.